The average Bonchev–Trinajstić information content (AvgIpc) is 2.41. The fourth-order valence-electron chi connectivity index (χ4n) is 1.54. The molecule has 0 unspecified atom stereocenters. The number of sulfonamides is 1. The van der Waals surface area contributed by atoms with Crippen LogP contribution >= 0.6 is 43.5 Å². The summed E-state index contributed by atoms with van der Waals surface area (Å²) in [6.45, 7) is 0.207. The van der Waals surface area contributed by atoms with Crippen LogP contribution in [0.2, 0.25) is 5.02 Å². The Morgan fingerprint density at radius 2 is 1.70 bits per heavy atom. The summed E-state index contributed by atoms with van der Waals surface area (Å²) >= 11 is 12.3. The van der Waals surface area contributed by atoms with E-state index in [2.05, 4.69) is 36.6 Å². The molecule has 0 bridgehead atoms. The molecule has 7 heteroatoms. The van der Waals surface area contributed by atoms with Gasteiger partial charge in [-0.3, -0.25) is 0 Å². The summed E-state index contributed by atoms with van der Waals surface area (Å²) in [5.41, 5.74) is 0.837. The first kappa shape index (κ1) is 16.0. The molecule has 0 spiro atoms. The number of rotatable bonds is 4. The maximum Gasteiger partial charge on any atom is 0.242 e. The minimum atomic E-state index is -3.58. The van der Waals surface area contributed by atoms with Crippen molar-refractivity contribution in [2.24, 2.45) is 0 Å². The van der Waals surface area contributed by atoms with Crippen molar-refractivity contribution < 1.29 is 8.42 Å². The molecule has 0 heterocycles. The van der Waals surface area contributed by atoms with Crippen molar-refractivity contribution in [2.45, 2.75) is 11.4 Å². The SMILES string of the molecule is O=S(=O)(NCc1ccc(Cl)cc1)c1cc(Br)ccc1Br. The van der Waals surface area contributed by atoms with Crippen LogP contribution in [0.4, 0.5) is 0 Å². The summed E-state index contributed by atoms with van der Waals surface area (Å²) in [6.07, 6.45) is 0. The molecule has 0 saturated carbocycles. The van der Waals surface area contributed by atoms with Crippen LogP contribution in [0.25, 0.3) is 0 Å². The number of hydrogen-bond donors (Lipinski definition) is 1. The molecular formula is C13H10Br2ClNO2S. The van der Waals surface area contributed by atoms with E-state index in [1.54, 1.807) is 42.5 Å². The fraction of sp³-hybridized carbons (Fsp3) is 0.0769. The van der Waals surface area contributed by atoms with Gasteiger partial charge < -0.3 is 0 Å². The molecule has 1 N–H and O–H groups in total. The van der Waals surface area contributed by atoms with E-state index in [0.29, 0.717) is 14.0 Å². The Balaban J connectivity index is 2.19. The molecule has 0 aliphatic heterocycles. The van der Waals surface area contributed by atoms with Crippen LogP contribution in [0.15, 0.2) is 56.3 Å². The van der Waals surface area contributed by atoms with E-state index < -0.39 is 10.0 Å². The highest BCUT2D eigenvalue weighted by Crippen LogP contribution is 2.25. The van der Waals surface area contributed by atoms with Crippen LogP contribution in [-0.4, -0.2) is 8.42 Å². The first-order valence-corrected chi connectivity index (χ1v) is 9.02. The standard InChI is InChI=1S/C13H10Br2ClNO2S/c14-10-3-6-12(15)13(7-10)20(18,19)17-8-9-1-4-11(16)5-2-9/h1-7,17H,8H2. The van der Waals surface area contributed by atoms with Crippen LogP contribution in [0.1, 0.15) is 5.56 Å². The first-order chi connectivity index (χ1) is 9.38. The van der Waals surface area contributed by atoms with E-state index in [1.165, 1.54) is 0 Å². The molecule has 2 aromatic carbocycles. The number of hydrogen-bond acceptors (Lipinski definition) is 2. The Kier molecular flexibility index (Phi) is 5.25. The smallest absolute Gasteiger partial charge is 0.207 e. The molecule has 0 radical (unpaired) electrons. The molecule has 20 heavy (non-hydrogen) atoms. The zero-order valence-electron chi connectivity index (χ0n) is 10.1. The molecule has 2 aromatic rings. The minimum Gasteiger partial charge on any atom is -0.207 e. The lowest BCUT2D eigenvalue weighted by Gasteiger charge is -2.09. The zero-order valence-corrected chi connectivity index (χ0v) is 14.9. The van der Waals surface area contributed by atoms with E-state index in [4.69, 9.17) is 11.6 Å². The van der Waals surface area contributed by atoms with Gasteiger partial charge in [-0.15, -0.1) is 0 Å². The van der Waals surface area contributed by atoms with Crippen molar-refractivity contribution >= 4 is 53.5 Å². The second kappa shape index (κ2) is 6.58. The topological polar surface area (TPSA) is 46.2 Å². The van der Waals surface area contributed by atoms with Crippen LogP contribution in [0, 0.1) is 0 Å². The normalized spacial score (nSPS) is 11.6. The maximum absolute atomic E-state index is 12.3. The summed E-state index contributed by atoms with van der Waals surface area (Å²) in [6, 6.07) is 12.0. The van der Waals surface area contributed by atoms with Crippen molar-refractivity contribution in [2.75, 3.05) is 0 Å². The van der Waals surface area contributed by atoms with Gasteiger partial charge in [-0.2, -0.15) is 0 Å². The molecule has 0 aliphatic rings. The van der Waals surface area contributed by atoms with E-state index in [9.17, 15) is 8.42 Å². The highest BCUT2D eigenvalue weighted by molar-refractivity contribution is 9.11. The third kappa shape index (κ3) is 4.05. The van der Waals surface area contributed by atoms with E-state index >= 15 is 0 Å². The lowest BCUT2D eigenvalue weighted by Crippen LogP contribution is -2.23. The van der Waals surface area contributed by atoms with Gasteiger partial charge in [0.05, 0.1) is 4.90 Å². The monoisotopic (exact) mass is 437 g/mol. The molecular weight excluding hydrogens is 429 g/mol. The Morgan fingerprint density at radius 1 is 1.05 bits per heavy atom. The van der Waals surface area contributed by atoms with Crippen LogP contribution in [0.3, 0.4) is 0 Å². The molecule has 0 aromatic heterocycles. The number of benzene rings is 2. The van der Waals surface area contributed by atoms with E-state index in [0.717, 1.165) is 5.56 Å². The largest absolute Gasteiger partial charge is 0.242 e. The molecule has 0 fully saturated rings. The van der Waals surface area contributed by atoms with Crippen LogP contribution < -0.4 is 4.72 Å². The second-order valence-electron chi connectivity index (χ2n) is 4.03. The van der Waals surface area contributed by atoms with Crippen molar-refractivity contribution in [1.29, 1.82) is 0 Å². The zero-order chi connectivity index (χ0) is 14.8. The molecule has 3 nitrogen and oxygen atoms in total. The predicted octanol–water partition coefficient (Wildman–Crippen LogP) is 4.34. The van der Waals surface area contributed by atoms with Gasteiger partial charge in [-0.25, -0.2) is 13.1 Å². The molecule has 106 valence electrons. The highest BCUT2D eigenvalue weighted by Gasteiger charge is 2.17. The van der Waals surface area contributed by atoms with Crippen molar-refractivity contribution in [3.05, 3.63) is 62.0 Å². The van der Waals surface area contributed by atoms with Crippen LogP contribution in [-0.2, 0) is 16.6 Å². The molecule has 0 aliphatic carbocycles. The Morgan fingerprint density at radius 3 is 2.35 bits per heavy atom. The quantitative estimate of drug-likeness (QED) is 0.770. The van der Waals surface area contributed by atoms with Crippen molar-refractivity contribution in [1.82, 2.24) is 4.72 Å². The summed E-state index contributed by atoms with van der Waals surface area (Å²) in [5.74, 6) is 0. The lowest BCUT2D eigenvalue weighted by atomic mass is 10.2. The fourth-order valence-corrected chi connectivity index (χ4v) is 4.19. The van der Waals surface area contributed by atoms with Gasteiger partial charge in [0.25, 0.3) is 0 Å². The van der Waals surface area contributed by atoms with Gasteiger partial charge >= 0.3 is 0 Å². The van der Waals surface area contributed by atoms with E-state index in [1.807, 2.05) is 0 Å². The minimum absolute atomic E-state index is 0.195. The number of halogens is 3. The average molecular weight is 440 g/mol. The third-order valence-corrected chi connectivity index (χ3v) is 5.70. The maximum atomic E-state index is 12.3. The predicted molar refractivity (Wildman–Crippen MR) is 87.3 cm³/mol. The molecule has 0 atom stereocenters. The van der Waals surface area contributed by atoms with Gasteiger partial charge in [-0.1, -0.05) is 39.7 Å². The molecule has 0 amide bonds. The van der Waals surface area contributed by atoms with Crippen LogP contribution in [0.5, 0.6) is 0 Å². The lowest BCUT2D eigenvalue weighted by molar-refractivity contribution is 0.581. The van der Waals surface area contributed by atoms with Gasteiger partial charge in [0.2, 0.25) is 10.0 Å². The molecule has 2 rings (SSSR count). The summed E-state index contributed by atoms with van der Waals surface area (Å²) in [4.78, 5) is 0.195. The summed E-state index contributed by atoms with van der Waals surface area (Å²) in [7, 11) is -3.58. The van der Waals surface area contributed by atoms with Gasteiger partial charge in [0, 0.05) is 20.5 Å². The Hall–Kier alpha value is -0.400. The van der Waals surface area contributed by atoms with Crippen molar-refractivity contribution in [3.63, 3.8) is 0 Å². The first-order valence-electron chi connectivity index (χ1n) is 5.58. The van der Waals surface area contributed by atoms with Gasteiger partial charge in [0.15, 0.2) is 0 Å². The second-order valence-corrected chi connectivity index (χ2v) is 7.97. The van der Waals surface area contributed by atoms with Crippen molar-refractivity contribution in [3.8, 4) is 0 Å². The highest BCUT2D eigenvalue weighted by atomic mass is 79.9. The Bertz CT molecular complexity index is 718. The third-order valence-electron chi connectivity index (χ3n) is 2.56. The summed E-state index contributed by atoms with van der Waals surface area (Å²) < 4.78 is 28.3. The number of nitrogens with one attached hydrogen (secondary N) is 1. The van der Waals surface area contributed by atoms with Gasteiger partial charge in [0.1, 0.15) is 0 Å². The van der Waals surface area contributed by atoms with Gasteiger partial charge in [-0.05, 0) is 51.8 Å². The Labute approximate surface area is 139 Å². The van der Waals surface area contributed by atoms with E-state index in [-0.39, 0.29) is 11.4 Å². The summed E-state index contributed by atoms with van der Waals surface area (Å²) in [5, 5.41) is 0.617. The molecule has 0 saturated heterocycles.